The maximum absolute atomic E-state index is 7.91. The highest BCUT2D eigenvalue weighted by Crippen LogP contribution is 2.27. The van der Waals surface area contributed by atoms with E-state index in [0.717, 1.165) is 18.8 Å². The van der Waals surface area contributed by atoms with Crippen LogP contribution in [0, 0.1) is 5.41 Å². The summed E-state index contributed by atoms with van der Waals surface area (Å²) >= 11 is 1.79. The van der Waals surface area contributed by atoms with Crippen molar-refractivity contribution in [1.82, 2.24) is 4.90 Å². The predicted molar refractivity (Wildman–Crippen MR) is 61.0 cm³/mol. The second-order valence-electron chi connectivity index (χ2n) is 3.79. The standard InChI is InChI=1S/C11H16N2S/c1-9(10-5-4-8-14-10)13-7-3-2-6-11(13)12/h4-5,8-9,12H,2-3,6-7H2,1H3. The van der Waals surface area contributed by atoms with E-state index >= 15 is 0 Å². The van der Waals surface area contributed by atoms with Crippen LogP contribution in [0.15, 0.2) is 17.5 Å². The molecular formula is C11H16N2S. The van der Waals surface area contributed by atoms with Crippen LogP contribution in [0.5, 0.6) is 0 Å². The van der Waals surface area contributed by atoms with Crippen molar-refractivity contribution in [2.24, 2.45) is 0 Å². The van der Waals surface area contributed by atoms with Crippen LogP contribution < -0.4 is 0 Å². The molecule has 0 saturated carbocycles. The smallest absolute Gasteiger partial charge is 0.0962 e. The Morgan fingerprint density at radius 2 is 2.36 bits per heavy atom. The fraction of sp³-hybridized carbons (Fsp3) is 0.545. The van der Waals surface area contributed by atoms with E-state index < -0.39 is 0 Å². The Kier molecular flexibility index (Phi) is 2.87. The number of thiophene rings is 1. The Balaban J connectivity index is 2.10. The summed E-state index contributed by atoms with van der Waals surface area (Å²) in [6.07, 6.45) is 3.38. The third-order valence-electron chi connectivity index (χ3n) is 2.83. The summed E-state index contributed by atoms with van der Waals surface area (Å²) < 4.78 is 0. The number of amidine groups is 1. The molecule has 1 N–H and O–H groups in total. The van der Waals surface area contributed by atoms with E-state index in [1.54, 1.807) is 11.3 Å². The SMILES string of the molecule is CC(c1cccs1)N1CCCCC1=N. The number of hydrogen-bond donors (Lipinski definition) is 1. The summed E-state index contributed by atoms with van der Waals surface area (Å²) in [6, 6.07) is 4.64. The lowest BCUT2D eigenvalue weighted by Gasteiger charge is -2.34. The maximum Gasteiger partial charge on any atom is 0.0962 e. The van der Waals surface area contributed by atoms with Crippen molar-refractivity contribution in [3.63, 3.8) is 0 Å². The molecular weight excluding hydrogens is 192 g/mol. The molecule has 0 radical (unpaired) electrons. The number of likely N-dealkylation sites (tertiary alicyclic amines) is 1. The molecule has 0 amide bonds. The molecule has 1 aliphatic heterocycles. The topological polar surface area (TPSA) is 27.1 Å². The molecule has 0 bridgehead atoms. The van der Waals surface area contributed by atoms with Gasteiger partial charge in [0.1, 0.15) is 0 Å². The van der Waals surface area contributed by atoms with Crippen LogP contribution in [0.25, 0.3) is 0 Å². The van der Waals surface area contributed by atoms with Crippen LogP contribution in [-0.4, -0.2) is 17.3 Å². The second-order valence-corrected chi connectivity index (χ2v) is 4.77. The molecule has 1 unspecified atom stereocenters. The first-order valence-electron chi connectivity index (χ1n) is 5.16. The minimum atomic E-state index is 0.391. The van der Waals surface area contributed by atoms with E-state index in [1.807, 2.05) is 0 Å². The Hall–Kier alpha value is -0.830. The Morgan fingerprint density at radius 3 is 3.00 bits per heavy atom. The largest absolute Gasteiger partial charge is 0.353 e. The van der Waals surface area contributed by atoms with Gasteiger partial charge in [-0.1, -0.05) is 6.07 Å². The van der Waals surface area contributed by atoms with E-state index in [1.165, 1.54) is 17.7 Å². The molecule has 76 valence electrons. The van der Waals surface area contributed by atoms with Crippen molar-refractivity contribution in [2.75, 3.05) is 6.54 Å². The summed E-state index contributed by atoms with van der Waals surface area (Å²) in [4.78, 5) is 3.60. The highest BCUT2D eigenvalue weighted by Gasteiger charge is 2.21. The fourth-order valence-corrected chi connectivity index (χ4v) is 2.76. The van der Waals surface area contributed by atoms with E-state index in [-0.39, 0.29) is 0 Å². The molecule has 0 aromatic carbocycles. The lowest BCUT2D eigenvalue weighted by molar-refractivity contribution is 0.303. The minimum Gasteiger partial charge on any atom is -0.353 e. The van der Waals surface area contributed by atoms with Gasteiger partial charge in [-0.05, 0) is 31.2 Å². The molecule has 3 heteroatoms. The summed E-state index contributed by atoms with van der Waals surface area (Å²) in [5.41, 5.74) is 0. The van der Waals surface area contributed by atoms with Gasteiger partial charge in [0.2, 0.25) is 0 Å². The zero-order chi connectivity index (χ0) is 9.97. The van der Waals surface area contributed by atoms with Crippen molar-refractivity contribution in [3.8, 4) is 0 Å². The first-order chi connectivity index (χ1) is 6.79. The highest BCUT2D eigenvalue weighted by molar-refractivity contribution is 7.10. The van der Waals surface area contributed by atoms with Crippen LogP contribution in [0.1, 0.15) is 37.1 Å². The molecule has 1 saturated heterocycles. The molecule has 0 spiro atoms. The van der Waals surface area contributed by atoms with Gasteiger partial charge in [-0.3, -0.25) is 5.41 Å². The third kappa shape index (κ3) is 1.82. The van der Waals surface area contributed by atoms with Gasteiger partial charge < -0.3 is 4.90 Å². The summed E-state index contributed by atoms with van der Waals surface area (Å²) in [5, 5.41) is 10.0. The van der Waals surface area contributed by atoms with Gasteiger partial charge in [0.05, 0.1) is 11.9 Å². The highest BCUT2D eigenvalue weighted by atomic mass is 32.1. The van der Waals surface area contributed by atoms with Crippen molar-refractivity contribution in [3.05, 3.63) is 22.4 Å². The van der Waals surface area contributed by atoms with Crippen LogP contribution in [0.4, 0.5) is 0 Å². The first-order valence-corrected chi connectivity index (χ1v) is 6.04. The number of nitrogens with zero attached hydrogens (tertiary/aromatic N) is 1. The van der Waals surface area contributed by atoms with Crippen molar-refractivity contribution >= 4 is 17.2 Å². The molecule has 14 heavy (non-hydrogen) atoms. The number of hydrogen-bond acceptors (Lipinski definition) is 2. The van der Waals surface area contributed by atoms with Gasteiger partial charge >= 0.3 is 0 Å². The quantitative estimate of drug-likeness (QED) is 0.793. The van der Waals surface area contributed by atoms with Crippen molar-refractivity contribution < 1.29 is 0 Å². The Bertz CT molecular complexity index is 305. The fourth-order valence-electron chi connectivity index (χ4n) is 1.96. The lowest BCUT2D eigenvalue weighted by atomic mass is 10.1. The van der Waals surface area contributed by atoms with E-state index in [0.29, 0.717) is 6.04 Å². The lowest BCUT2D eigenvalue weighted by Crippen LogP contribution is -2.36. The van der Waals surface area contributed by atoms with Crippen LogP contribution in [0.3, 0.4) is 0 Å². The van der Waals surface area contributed by atoms with E-state index in [9.17, 15) is 0 Å². The van der Waals surface area contributed by atoms with Crippen LogP contribution in [0.2, 0.25) is 0 Å². The van der Waals surface area contributed by atoms with Gasteiger partial charge in [-0.2, -0.15) is 0 Å². The van der Waals surface area contributed by atoms with Gasteiger partial charge in [-0.15, -0.1) is 11.3 Å². The number of rotatable bonds is 2. The van der Waals surface area contributed by atoms with Crippen LogP contribution >= 0.6 is 11.3 Å². The number of piperidine rings is 1. The van der Waals surface area contributed by atoms with Gasteiger partial charge in [0.25, 0.3) is 0 Å². The molecule has 1 aromatic rings. The zero-order valence-corrected chi connectivity index (χ0v) is 9.31. The Morgan fingerprint density at radius 1 is 1.50 bits per heavy atom. The molecule has 2 nitrogen and oxygen atoms in total. The molecule has 1 aromatic heterocycles. The van der Waals surface area contributed by atoms with Gasteiger partial charge in [0, 0.05) is 17.8 Å². The average molecular weight is 208 g/mol. The molecule has 2 heterocycles. The predicted octanol–water partition coefficient (Wildman–Crippen LogP) is 3.27. The van der Waals surface area contributed by atoms with Gasteiger partial charge in [0.15, 0.2) is 0 Å². The summed E-state index contributed by atoms with van der Waals surface area (Å²) in [7, 11) is 0. The third-order valence-corrected chi connectivity index (χ3v) is 3.87. The maximum atomic E-state index is 7.91. The zero-order valence-electron chi connectivity index (χ0n) is 8.49. The summed E-state index contributed by atoms with van der Waals surface area (Å²) in [6.45, 7) is 3.25. The average Bonchev–Trinajstić information content (AvgIpc) is 2.70. The summed E-state index contributed by atoms with van der Waals surface area (Å²) in [5.74, 6) is 0.817. The minimum absolute atomic E-state index is 0.391. The molecule has 1 atom stereocenters. The Labute approximate surface area is 89.1 Å². The van der Waals surface area contributed by atoms with E-state index in [4.69, 9.17) is 5.41 Å². The van der Waals surface area contributed by atoms with Crippen molar-refractivity contribution in [1.29, 1.82) is 5.41 Å². The molecule has 1 aliphatic rings. The molecule has 1 fully saturated rings. The van der Waals surface area contributed by atoms with Crippen LogP contribution in [-0.2, 0) is 0 Å². The number of nitrogens with one attached hydrogen (secondary N) is 1. The van der Waals surface area contributed by atoms with E-state index in [2.05, 4.69) is 29.3 Å². The monoisotopic (exact) mass is 208 g/mol. The molecule has 0 aliphatic carbocycles. The second kappa shape index (κ2) is 4.13. The molecule has 2 rings (SSSR count). The first kappa shape index (κ1) is 9.71. The van der Waals surface area contributed by atoms with Gasteiger partial charge in [-0.25, -0.2) is 0 Å². The van der Waals surface area contributed by atoms with Crippen molar-refractivity contribution in [2.45, 2.75) is 32.2 Å². The normalized spacial score (nSPS) is 19.8.